The molecule has 1 saturated heterocycles. The molecule has 150 valence electrons. The third-order valence-electron chi connectivity index (χ3n) is 5.62. The van der Waals surface area contributed by atoms with Crippen LogP contribution in [0.1, 0.15) is 47.0 Å². The van der Waals surface area contributed by atoms with E-state index in [-0.39, 0.29) is 12.0 Å². The molecule has 4 unspecified atom stereocenters. The van der Waals surface area contributed by atoms with Gasteiger partial charge in [-0.1, -0.05) is 6.08 Å². The van der Waals surface area contributed by atoms with E-state index >= 15 is 0 Å². The highest BCUT2D eigenvalue weighted by atomic mass is 16.7. The molecule has 7 heteroatoms. The fourth-order valence-electron chi connectivity index (χ4n) is 4.48. The Morgan fingerprint density at radius 3 is 2.71 bits per heavy atom. The lowest BCUT2D eigenvalue weighted by atomic mass is 9.96. The van der Waals surface area contributed by atoms with Crippen molar-refractivity contribution in [2.24, 2.45) is 11.8 Å². The topological polar surface area (TPSA) is 82.1 Å². The van der Waals surface area contributed by atoms with Gasteiger partial charge in [0.1, 0.15) is 5.60 Å². The average molecular weight is 387 g/mol. The molecule has 0 spiro atoms. The van der Waals surface area contributed by atoms with Gasteiger partial charge < -0.3 is 14.2 Å². The minimum atomic E-state index is -0.845. The largest absolute Gasteiger partial charge is 0.458 e. The Morgan fingerprint density at radius 2 is 2.07 bits per heavy atom. The maximum absolute atomic E-state index is 13.1. The van der Waals surface area contributed by atoms with Crippen LogP contribution in [-0.2, 0) is 23.8 Å². The number of imide groups is 1. The number of ether oxygens (including phenoxy) is 3. The fourth-order valence-corrected chi connectivity index (χ4v) is 4.48. The Hall–Kier alpha value is -2.57. The lowest BCUT2D eigenvalue weighted by Crippen LogP contribution is -2.43. The summed E-state index contributed by atoms with van der Waals surface area (Å²) in [6.45, 7) is 6.97. The number of fused-ring (bicyclic) bond motifs is 3. The number of likely N-dealkylation sites (tertiary alicyclic amines) is 1. The number of hydrogen-bond acceptors (Lipinski definition) is 6. The van der Waals surface area contributed by atoms with Crippen LogP contribution in [0, 0.1) is 11.8 Å². The molecule has 0 aromatic rings. The molecule has 2 aliphatic heterocycles. The summed E-state index contributed by atoms with van der Waals surface area (Å²) in [5.41, 5.74) is 1.35. The Morgan fingerprint density at radius 1 is 1.32 bits per heavy atom. The van der Waals surface area contributed by atoms with Crippen LogP contribution in [0.4, 0.5) is 4.79 Å². The molecule has 1 saturated carbocycles. The molecular weight excluding hydrogens is 362 g/mol. The molecule has 4 atom stereocenters. The van der Waals surface area contributed by atoms with Gasteiger partial charge in [-0.05, 0) is 58.4 Å². The standard InChI is InChI=1S/C21H25NO6/c1-11-8-16(27-19(11)24)26-10-15-14-9-12-6-5-7-13(12)17(14)22(18(15)23)20(25)28-21(2,3)4/h7-8,10,12,14,16-17H,5-6,9H2,1-4H3. The number of allylic oxidation sites excluding steroid dienone is 1. The first kappa shape index (κ1) is 18.8. The van der Waals surface area contributed by atoms with Crippen LogP contribution in [0.3, 0.4) is 0 Å². The van der Waals surface area contributed by atoms with Crippen LogP contribution in [0.25, 0.3) is 0 Å². The van der Waals surface area contributed by atoms with E-state index in [0.717, 1.165) is 24.8 Å². The fraction of sp³-hybridized carbons (Fsp3) is 0.571. The first-order chi connectivity index (χ1) is 13.2. The Balaban J connectivity index is 1.61. The zero-order valence-corrected chi connectivity index (χ0v) is 16.6. The van der Waals surface area contributed by atoms with Crippen molar-refractivity contribution in [3.8, 4) is 0 Å². The van der Waals surface area contributed by atoms with Crippen molar-refractivity contribution in [3.63, 3.8) is 0 Å². The normalized spacial score (nSPS) is 32.9. The maximum atomic E-state index is 13.1. The summed E-state index contributed by atoms with van der Waals surface area (Å²) in [5.74, 6) is -0.586. The third-order valence-corrected chi connectivity index (χ3v) is 5.62. The molecule has 0 N–H and O–H groups in total. The summed E-state index contributed by atoms with van der Waals surface area (Å²) < 4.78 is 16.1. The monoisotopic (exact) mass is 387 g/mol. The van der Waals surface area contributed by atoms with Crippen molar-refractivity contribution in [1.29, 1.82) is 0 Å². The van der Waals surface area contributed by atoms with E-state index in [2.05, 4.69) is 6.08 Å². The molecule has 0 bridgehead atoms. The number of hydrogen-bond donors (Lipinski definition) is 0. The van der Waals surface area contributed by atoms with Gasteiger partial charge in [-0.2, -0.15) is 0 Å². The molecular formula is C21H25NO6. The second-order valence-electron chi connectivity index (χ2n) is 8.75. The predicted octanol–water partition coefficient (Wildman–Crippen LogP) is 3.22. The Labute approximate surface area is 164 Å². The van der Waals surface area contributed by atoms with E-state index in [1.165, 1.54) is 11.2 Å². The Kier molecular flexibility index (Phi) is 4.36. The number of esters is 1. The molecule has 4 aliphatic rings. The molecule has 0 aromatic carbocycles. The minimum Gasteiger partial charge on any atom is -0.458 e. The number of carbonyl (C=O) groups excluding carboxylic acids is 3. The van der Waals surface area contributed by atoms with Crippen molar-refractivity contribution in [3.05, 3.63) is 35.1 Å². The second kappa shape index (κ2) is 6.50. The highest BCUT2D eigenvalue weighted by Gasteiger charge is 2.56. The van der Waals surface area contributed by atoms with Gasteiger partial charge in [0.05, 0.1) is 17.9 Å². The quantitative estimate of drug-likeness (QED) is 0.313. The third kappa shape index (κ3) is 3.12. The summed E-state index contributed by atoms with van der Waals surface area (Å²) in [5, 5.41) is 0. The van der Waals surface area contributed by atoms with Gasteiger partial charge in [0.25, 0.3) is 12.2 Å². The summed E-state index contributed by atoms with van der Waals surface area (Å²) in [6, 6.07) is -0.312. The lowest BCUT2D eigenvalue weighted by molar-refractivity contribution is -0.152. The van der Waals surface area contributed by atoms with Crippen LogP contribution in [0.2, 0.25) is 0 Å². The molecule has 2 amide bonds. The van der Waals surface area contributed by atoms with Gasteiger partial charge in [-0.25, -0.2) is 14.5 Å². The summed E-state index contributed by atoms with van der Waals surface area (Å²) in [7, 11) is 0. The molecule has 2 heterocycles. The predicted molar refractivity (Wildman–Crippen MR) is 98.6 cm³/mol. The van der Waals surface area contributed by atoms with E-state index in [4.69, 9.17) is 14.2 Å². The maximum Gasteiger partial charge on any atom is 0.417 e. The van der Waals surface area contributed by atoms with Crippen LogP contribution in [0.15, 0.2) is 35.1 Å². The van der Waals surface area contributed by atoms with Crippen LogP contribution < -0.4 is 0 Å². The highest BCUT2D eigenvalue weighted by Crippen LogP contribution is 2.52. The van der Waals surface area contributed by atoms with Gasteiger partial charge in [-0.15, -0.1) is 0 Å². The Bertz CT molecular complexity index is 830. The molecule has 2 aliphatic carbocycles. The second-order valence-corrected chi connectivity index (χ2v) is 8.75. The van der Waals surface area contributed by atoms with Gasteiger partial charge in [0.15, 0.2) is 0 Å². The summed E-state index contributed by atoms with van der Waals surface area (Å²) in [4.78, 5) is 38.6. The van der Waals surface area contributed by atoms with E-state index in [9.17, 15) is 14.4 Å². The van der Waals surface area contributed by atoms with E-state index in [0.29, 0.717) is 17.1 Å². The first-order valence-electron chi connectivity index (χ1n) is 9.67. The summed E-state index contributed by atoms with van der Waals surface area (Å²) in [6.07, 6.45) is 6.40. The van der Waals surface area contributed by atoms with Gasteiger partial charge in [0, 0.05) is 17.6 Å². The molecule has 0 aromatic heterocycles. The van der Waals surface area contributed by atoms with E-state index in [1.807, 2.05) is 0 Å². The van der Waals surface area contributed by atoms with Crippen LogP contribution in [-0.4, -0.2) is 40.8 Å². The minimum absolute atomic E-state index is 0.126. The highest BCUT2D eigenvalue weighted by molar-refractivity contribution is 6.06. The molecule has 2 fully saturated rings. The average Bonchev–Trinajstić information content (AvgIpc) is 3.28. The van der Waals surface area contributed by atoms with Gasteiger partial charge in [-0.3, -0.25) is 4.79 Å². The molecule has 0 radical (unpaired) electrons. The van der Waals surface area contributed by atoms with E-state index < -0.39 is 29.9 Å². The smallest absolute Gasteiger partial charge is 0.417 e. The van der Waals surface area contributed by atoms with Gasteiger partial charge >= 0.3 is 12.1 Å². The molecule has 28 heavy (non-hydrogen) atoms. The molecule has 4 rings (SSSR count). The van der Waals surface area contributed by atoms with Crippen LogP contribution >= 0.6 is 0 Å². The van der Waals surface area contributed by atoms with Crippen molar-refractivity contribution in [2.75, 3.05) is 0 Å². The SMILES string of the molecule is CC1=CC(OC=C2C(=O)N(C(=O)OC(C)(C)C)C3C4=CCCC4CC23)OC1=O. The molecule has 7 nitrogen and oxygen atoms in total. The number of carbonyl (C=O) groups is 3. The number of nitrogens with zero attached hydrogens (tertiary/aromatic N) is 1. The van der Waals surface area contributed by atoms with Crippen molar-refractivity contribution in [1.82, 2.24) is 4.90 Å². The van der Waals surface area contributed by atoms with Gasteiger partial charge in [0.2, 0.25) is 0 Å². The zero-order chi connectivity index (χ0) is 20.2. The first-order valence-corrected chi connectivity index (χ1v) is 9.67. The van der Waals surface area contributed by atoms with E-state index in [1.54, 1.807) is 33.8 Å². The zero-order valence-electron chi connectivity index (χ0n) is 16.6. The number of rotatable bonds is 2. The number of amides is 2. The summed E-state index contributed by atoms with van der Waals surface area (Å²) >= 11 is 0. The van der Waals surface area contributed by atoms with Crippen molar-refractivity contribution < 1.29 is 28.6 Å². The van der Waals surface area contributed by atoms with Crippen molar-refractivity contribution in [2.45, 2.75) is 64.9 Å². The number of cyclic esters (lactones) is 1. The lowest BCUT2D eigenvalue weighted by Gasteiger charge is -2.27. The van der Waals surface area contributed by atoms with Crippen molar-refractivity contribution >= 4 is 18.0 Å². The van der Waals surface area contributed by atoms with Crippen LogP contribution in [0.5, 0.6) is 0 Å².